The second-order valence-electron chi connectivity index (χ2n) is 5.43. The van der Waals surface area contributed by atoms with Crippen LogP contribution < -0.4 is 0 Å². The molecule has 1 saturated heterocycles. The standard InChI is InChI=1S/C14H20N2O4S/c1-9-3-4-10(21-9)5-13(18)16-6-11(12(17)7-16)15(2)8-14(19)20/h3-4,11-12,17H,5-8H2,1-2H3,(H,19,20)/t11?,12-/m1/s1. The number of nitrogens with zero attached hydrogens (tertiary/aromatic N) is 2. The minimum atomic E-state index is -0.941. The molecule has 0 bridgehead atoms. The van der Waals surface area contributed by atoms with Gasteiger partial charge in [-0.3, -0.25) is 14.5 Å². The van der Waals surface area contributed by atoms with Crippen molar-refractivity contribution in [1.29, 1.82) is 0 Å². The highest BCUT2D eigenvalue weighted by Gasteiger charge is 2.36. The van der Waals surface area contributed by atoms with Gasteiger partial charge in [-0.05, 0) is 26.1 Å². The lowest BCUT2D eigenvalue weighted by Gasteiger charge is -2.24. The van der Waals surface area contributed by atoms with Crippen molar-refractivity contribution in [3.63, 3.8) is 0 Å². The number of rotatable bonds is 5. The highest BCUT2D eigenvalue weighted by Crippen LogP contribution is 2.20. The van der Waals surface area contributed by atoms with E-state index in [-0.39, 0.29) is 25.0 Å². The molecule has 0 aliphatic carbocycles. The predicted molar refractivity (Wildman–Crippen MR) is 79.4 cm³/mol. The first kappa shape index (κ1) is 15.9. The molecule has 116 valence electrons. The molecular weight excluding hydrogens is 292 g/mol. The van der Waals surface area contributed by atoms with Crippen molar-refractivity contribution in [2.75, 3.05) is 26.7 Å². The zero-order chi connectivity index (χ0) is 15.6. The summed E-state index contributed by atoms with van der Waals surface area (Å²) in [6.45, 7) is 2.48. The molecule has 2 N–H and O–H groups in total. The Morgan fingerprint density at radius 1 is 1.43 bits per heavy atom. The summed E-state index contributed by atoms with van der Waals surface area (Å²) in [6, 6.07) is 3.60. The Balaban J connectivity index is 1.93. The fraction of sp³-hybridized carbons (Fsp3) is 0.571. The Hall–Kier alpha value is -1.44. The molecule has 0 aromatic carbocycles. The van der Waals surface area contributed by atoms with Crippen molar-refractivity contribution >= 4 is 23.2 Å². The first-order chi connectivity index (χ1) is 9.86. The molecule has 0 saturated carbocycles. The van der Waals surface area contributed by atoms with Crippen LogP contribution in [0.2, 0.25) is 0 Å². The van der Waals surface area contributed by atoms with Gasteiger partial charge in [0.1, 0.15) is 0 Å². The van der Waals surface area contributed by atoms with Crippen LogP contribution in [0.4, 0.5) is 0 Å². The lowest BCUT2D eigenvalue weighted by Crippen LogP contribution is -2.43. The summed E-state index contributed by atoms with van der Waals surface area (Å²) >= 11 is 1.59. The number of likely N-dealkylation sites (tertiary alicyclic amines) is 1. The molecule has 2 heterocycles. The Labute approximate surface area is 127 Å². The minimum absolute atomic E-state index is 0.0258. The van der Waals surface area contributed by atoms with Gasteiger partial charge >= 0.3 is 5.97 Å². The fourth-order valence-corrected chi connectivity index (χ4v) is 3.46. The van der Waals surface area contributed by atoms with Crippen LogP contribution in [0.1, 0.15) is 9.75 Å². The highest BCUT2D eigenvalue weighted by molar-refractivity contribution is 7.12. The van der Waals surface area contributed by atoms with Crippen molar-refractivity contribution in [1.82, 2.24) is 9.80 Å². The molecule has 2 atom stereocenters. The van der Waals surface area contributed by atoms with E-state index in [1.54, 1.807) is 28.2 Å². The summed E-state index contributed by atoms with van der Waals surface area (Å²) in [5, 5.41) is 18.8. The average Bonchev–Trinajstić information content (AvgIpc) is 2.95. The topological polar surface area (TPSA) is 81.1 Å². The number of hydrogen-bond acceptors (Lipinski definition) is 5. The number of hydrogen-bond donors (Lipinski definition) is 2. The van der Waals surface area contributed by atoms with Gasteiger partial charge in [0.25, 0.3) is 0 Å². The third-order valence-corrected chi connectivity index (χ3v) is 4.68. The van der Waals surface area contributed by atoms with Gasteiger partial charge in [-0.15, -0.1) is 11.3 Å². The monoisotopic (exact) mass is 312 g/mol. The summed E-state index contributed by atoms with van der Waals surface area (Å²) in [7, 11) is 1.65. The molecule has 6 nitrogen and oxygen atoms in total. The van der Waals surface area contributed by atoms with E-state index in [0.717, 1.165) is 4.88 Å². The van der Waals surface area contributed by atoms with E-state index in [1.165, 1.54) is 4.88 Å². The van der Waals surface area contributed by atoms with Gasteiger partial charge in [0.05, 0.1) is 25.1 Å². The smallest absolute Gasteiger partial charge is 0.317 e. The largest absolute Gasteiger partial charge is 0.480 e. The molecule has 1 amide bonds. The van der Waals surface area contributed by atoms with Crippen LogP contribution in [-0.2, 0) is 16.0 Å². The average molecular weight is 312 g/mol. The number of aliphatic hydroxyl groups is 1. The molecular formula is C14H20N2O4S. The highest BCUT2D eigenvalue weighted by atomic mass is 32.1. The normalized spacial score (nSPS) is 22.0. The molecule has 2 rings (SSSR count). The van der Waals surface area contributed by atoms with Gasteiger partial charge in [-0.25, -0.2) is 0 Å². The summed E-state index contributed by atoms with van der Waals surface area (Å²) in [4.78, 5) is 28.3. The van der Waals surface area contributed by atoms with Crippen LogP contribution in [0, 0.1) is 6.92 Å². The van der Waals surface area contributed by atoms with Gasteiger partial charge in [-0.1, -0.05) is 0 Å². The van der Waals surface area contributed by atoms with Gasteiger partial charge in [0, 0.05) is 22.8 Å². The van der Waals surface area contributed by atoms with Crippen LogP contribution in [0.3, 0.4) is 0 Å². The molecule has 1 aromatic heterocycles. The number of carbonyl (C=O) groups excluding carboxylic acids is 1. The quantitative estimate of drug-likeness (QED) is 0.811. The van der Waals surface area contributed by atoms with E-state index < -0.39 is 12.1 Å². The molecule has 0 spiro atoms. The maximum Gasteiger partial charge on any atom is 0.317 e. The number of carboxylic acids is 1. The number of amides is 1. The summed E-state index contributed by atoms with van der Waals surface area (Å²) < 4.78 is 0. The number of carboxylic acid groups (broad SMARTS) is 1. The molecule has 7 heteroatoms. The third-order valence-electron chi connectivity index (χ3n) is 3.68. The van der Waals surface area contributed by atoms with E-state index in [4.69, 9.17) is 5.11 Å². The van der Waals surface area contributed by atoms with Crippen molar-refractivity contribution < 1.29 is 19.8 Å². The van der Waals surface area contributed by atoms with E-state index in [0.29, 0.717) is 13.0 Å². The summed E-state index contributed by atoms with van der Waals surface area (Å²) in [5.41, 5.74) is 0. The first-order valence-electron chi connectivity index (χ1n) is 6.80. The Kier molecular flexibility index (Phi) is 4.97. The van der Waals surface area contributed by atoms with Crippen molar-refractivity contribution in [2.45, 2.75) is 25.5 Å². The predicted octanol–water partition coefficient (Wildman–Crippen LogP) is 0.187. The lowest BCUT2D eigenvalue weighted by atomic mass is 10.2. The molecule has 0 radical (unpaired) electrons. The number of aliphatic hydroxyl groups excluding tert-OH is 1. The Bertz CT molecular complexity index is 531. The number of likely N-dealkylation sites (N-methyl/N-ethyl adjacent to an activating group) is 1. The summed E-state index contributed by atoms with van der Waals surface area (Å²) in [5.74, 6) is -0.967. The van der Waals surface area contributed by atoms with Crippen LogP contribution in [-0.4, -0.2) is 70.7 Å². The zero-order valence-electron chi connectivity index (χ0n) is 12.2. The van der Waals surface area contributed by atoms with Crippen LogP contribution in [0.15, 0.2) is 12.1 Å². The second-order valence-corrected chi connectivity index (χ2v) is 6.80. The molecule has 1 fully saturated rings. The fourth-order valence-electron chi connectivity index (χ4n) is 2.58. The van der Waals surface area contributed by atoms with Crippen molar-refractivity contribution in [3.05, 3.63) is 21.9 Å². The second kappa shape index (κ2) is 6.55. The number of β-amino-alcohol motifs (C(OH)–C–C–N with tert-alkyl or cyclic N) is 1. The van der Waals surface area contributed by atoms with Gasteiger partial charge in [-0.2, -0.15) is 0 Å². The number of thiophene rings is 1. The minimum Gasteiger partial charge on any atom is -0.480 e. The van der Waals surface area contributed by atoms with Gasteiger partial charge < -0.3 is 15.1 Å². The van der Waals surface area contributed by atoms with Crippen molar-refractivity contribution in [2.24, 2.45) is 0 Å². The lowest BCUT2D eigenvalue weighted by molar-refractivity contribution is -0.138. The van der Waals surface area contributed by atoms with Crippen LogP contribution >= 0.6 is 11.3 Å². The Morgan fingerprint density at radius 2 is 2.14 bits per heavy atom. The van der Waals surface area contributed by atoms with Crippen molar-refractivity contribution in [3.8, 4) is 0 Å². The number of carbonyl (C=O) groups is 2. The van der Waals surface area contributed by atoms with Crippen LogP contribution in [0.5, 0.6) is 0 Å². The van der Waals surface area contributed by atoms with Gasteiger partial charge in [0.15, 0.2) is 0 Å². The third kappa shape index (κ3) is 4.03. The maximum atomic E-state index is 12.2. The molecule has 21 heavy (non-hydrogen) atoms. The zero-order valence-corrected chi connectivity index (χ0v) is 13.0. The van der Waals surface area contributed by atoms with Crippen LogP contribution in [0.25, 0.3) is 0 Å². The molecule has 1 aliphatic heterocycles. The SMILES string of the molecule is Cc1ccc(CC(=O)N2CC(N(C)CC(=O)O)[C@H](O)C2)s1. The van der Waals surface area contributed by atoms with E-state index in [2.05, 4.69) is 0 Å². The first-order valence-corrected chi connectivity index (χ1v) is 7.61. The summed E-state index contributed by atoms with van der Waals surface area (Å²) in [6.07, 6.45) is -0.371. The molecule has 1 aliphatic rings. The van der Waals surface area contributed by atoms with E-state index >= 15 is 0 Å². The Morgan fingerprint density at radius 3 is 2.71 bits per heavy atom. The van der Waals surface area contributed by atoms with E-state index in [1.807, 2.05) is 19.1 Å². The molecule has 1 aromatic rings. The van der Waals surface area contributed by atoms with Gasteiger partial charge in [0.2, 0.25) is 5.91 Å². The number of aliphatic carboxylic acids is 1. The number of aryl methyl sites for hydroxylation is 1. The maximum absolute atomic E-state index is 12.2. The van der Waals surface area contributed by atoms with E-state index in [9.17, 15) is 14.7 Å². The molecule has 1 unspecified atom stereocenters.